The highest BCUT2D eigenvalue weighted by Crippen LogP contribution is 2.18. The molecule has 6 nitrogen and oxygen atoms in total. The lowest BCUT2D eigenvalue weighted by atomic mass is 10.5. The highest BCUT2D eigenvalue weighted by Gasteiger charge is 2.15. The second-order valence-corrected chi connectivity index (χ2v) is 6.41. The first-order valence-corrected chi connectivity index (χ1v) is 7.71. The van der Waals surface area contributed by atoms with Gasteiger partial charge < -0.3 is 10.3 Å². The number of thiophene rings is 1. The van der Waals surface area contributed by atoms with Crippen LogP contribution in [0, 0.1) is 0 Å². The first-order chi connectivity index (χ1) is 8.62. The Morgan fingerprint density at radius 1 is 1.50 bits per heavy atom. The summed E-state index contributed by atoms with van der Waals surface area (Å²) in [7, 11) is -3.43. The molecule has 0 bridgehead atoms. The van der Waals surface area contributed by atoms with Crippen molar-refractivity contribution in [2.45, 2.75) is 18.0 Å². The Labute approximate surface area is 110 Å². The molecule has 0 atom stereocenters. The topological polar surface area (TPSA) is 90.0 Å². The lowest BCUT2D eigenvalue weighted by molar-refractivity contribution is 0.573. The van der Waals surface area contributed by atoms with Crippen LogP contribution >= 0.6 is 11.3 Å². The van der Waals surface area contributed by atoms with Crippen LogP contribution in [0.4, 0.5) is 0 Å². The maximum absolute atomic E-state index is 11.9. The van der Waals surface area contributed by atoms with Gasteiger partial charge in [-0.15, -0.1) is 11.3 Å². The third-order valence-corrected chi connectivity index (χ3v) is 4.91. The molecule has 0 spiro atoms. The number of hydrogen-bond acceptors (Lipinski definition) is 5. The smallest absolute Gasteiger partial charge is 0.241 e. The molecule has 0 aliphatic heterocycles. The van der Waals surface area contributed by atoms with Gasteiger partial charge in [0.1, 0.15) is 0 Å². The van der Waals surface area contributed by atoms with Gasteiger partial charge in [0.25, 0.3) is 0 Å². The average molecular weight is 286 g/mol. The second-order valence-electron chi connectivity index (χ2n) is 3.65. The quantitative estimate of drug-likeness (QED) is 0.803. The van der Waals surface area contributed by atoms with Crippen LogP contribution in [0.1, 0.15) is 4.88 Å². The molecule has 0 aromatic carbocycles. The van der Waals surface area contributed by atoms with E-state index in [2.05, 4.69) is 9.71 Å². The van der Waals surface area contributed by atoms with Crippen LogP contribution in [0.2, 0.25) is 0 Å². The molecule has 0 unspecified atom stereocenters. The molecule has 8 heteroatoms. The van der Waals surface area contributed by atoms with Crippen molar-refractivity contribution in [1.82, 2.24) is 14.3 Å². The van der Waals surface area contributed by atoms with Crippen molar-refractivity contribution in [2.75, 3.05) is 6.54 Å². The van der Waals surface area contributed by atoms with Crippen molar-refractivity contribution in [3.05, 3.63) is 35.0 Å². The zero-order valence-electron chi connectivity index (χ0n) is 9.61. The maximum Gasteiger partial charge on any atom is 0.241 e. The van der Waals surface area contributed by atoms with Crippen LogP contribution in [0.3, 0.4) is 0 Å². The Morgan fingerprint density at radius 3 is 2.94 bits per heavy atom. The van der Waals surface area contributed by atoms with Gasteiger partial charge in [0.05, 0.1) is 11.2 Å². The fourth-order valence-electron chi connectivity index (χ4n) is 1.42. The number of aromatic nitrogens is 2. The summed E-state index contributed by atoms with van der Waals surface area (Å²) >= 11 is 1.35. The van der Waals surface area contributed by atoms with E-state index in [9.17, 15) is 8.42 Å². The Balaban J connectivity index is 1.95. The van der Waals surface area contributed by atoms with E-state index >= 15 is 0 Å². The minimum absolute atomic E-state index is 0.276. The number of nitrogens with one attached hydrogen (secondary N) is 1. The summed E-state index contributed by atoms with van der Waals surface area (Å²) in [4.78, 5) is 5.01. The monoisotopic (exact) mass is 286 g/mol. The summed E-state index contributed by atoms with van der Waals surface area (Å²) in [6.07, 6.45) is 5.08. The van der Waals surface area contributed by atoms with E-state index in [4.69, 9.17) is 5.73 Å². The van der Waals surface area contributed by atoms with Crippen molar-refractivity contribution < 1.29 is 8.42 Å². The van der Waals surface area contributed by atoms with E-state index in [-0.39, 0.29) is 4.90 Å². The largest absolute Gasteiger partial charge is 0.336 e. The van der Waals surface area contributed by atoms with Crippen LogP contribution in [0.25, 0.3) is 0 Å². The fraction of sp³-hybridized carbons (Fsp3) is 0.300. The van der Waals surface area contributed by atoms with Crippen LogP contribution in [0.15, 0.2) is 35.1 Å². The van der Waals surface area contributed by atoms with E-state index in [1.54, 1.807) is 34.7 Å². The molecule has 98 valence electrons. The average Bonchev–Trinajstić information content (AvgIpc) is 2.99. The standard InChI is InChI=1S/C10H14N4O2S2/c11-6-9-5-10(7-17-9)18(15,16)13-2-4-14-3-1-12-8-14/h1,3,5,7-8,13H,2,4,6,11H2. The molecule has 2 aromatic rings. The lowest BCUT2D eigenvalue weighted by Gasteiger charge is -2.05. The van der Waals surface area contributed by atoms with E-state index < -0.39 is 10.0 Å². The van der Waals surface area contributed by atoms with E-state index in [0.717, 1.165) is 4.88 Å². The van der Waals surface area contributed by atoms with Gasteiger partial charge in [0.2, 0.25) is 10.0 Å². The highest BCUT2D eigenvalue weighted by molar-refractivity contribution is 7.89. The minimum atomic E-state index is -3.43. The van der Waals surface area contributed by atoms with Gasteiger partial charge in [-0.05, 0) is 6.07 Å². The van der Waals surface area contributed by atoms with E-state index in [1.807, 2.05) is 0 Å². The van der Waals surface area contributed by atoms with Gasteiger partial charge in [-0.25, -0.2) is 18.1 Å². The molecule has 2 heterocycles. The summed E-state index contributed by atoms with van der Waals surface area (Å²) in [6, 6.07) is 1.60. The Morgan fingerprint density at radius 2 is 2.33 bits per heavy atom. The van der Waals surface area contributed by atoms with Gasteiger partial charge in [-0.1, -0.05) is 0 Å². The normalized spacial score (nSPS) is 11.8. The van der Waals surface area contributed by atoms with E-state index in [0.29, 0.717) is 19.6 Å². The molecular weight excluding hydrogens is 272 g/mol. The molecule has 0 amide bonds. The highest BCUT2D eigenvalue weighted by atomic mass is 32.2. The van der Waals surface area contributed by atoms with Gasteiger partial charge >= 0.3 is 0 Å². The molecule has 2 aromatic heterocycles. The molecule has 0 fully saturated rings. The third-order valence-electron chi connectivity index (χ3n) is 2.36. The number of rotatable bonds is 6. The van der Waals surface area contributed by atoms with Gasteiger partial charge in [-0.3, -0.25) is 0 Å². The zero-order chi connectivity index (χ0) is 13.0. The minimum Gasteiger partial charge on any atom is -0.336 e. The molecule has 0 radical (unpaired) electrons. The van der Waals surface area contributed by atoms with Gasteiger partial charge in [-0.2, -0.15) is 0 Å². The van der Waals surface area contributed by atoms with Crippen LogP contribution in [0.5, 0.6) is 0 Å². The Kier molecular flexibility index (Phi) is 4.12. The number of hydrogen-bond donors (Lipinski definition) is 2. The van der Waals surface area contributed by atoms with Crippen molar-refractivity contribution in [2.24, 2.45) is 5.73 Å². The number of imidazole rings is 1. The third kappa shape index (κ3) is 3.16. The summed E-state index contributed by atoms with van der Waals surface area (Å²) < 4.78 is 28.2. The van der Waals surface area contributed by atoms with Crippen molar-refractivity contribution in [3.8, 4) is 0 Å². The molecule has 0 aliphatic rings. The first-order valence-electron chi connectivity index (χ1n) is 5.35. The summed E-state index contributed by atoms with van der Waals surface area (Å²) in [6.45, 7) is 1.23. The van der Waals surface area contributed by atoms with Crippen LogP contribution < -0.4 is 10.5 Å². The molecule has 0 aliphatic carbocycles. The van der Waals surface area contributed by atoms with Crippen LogP contribution in [-0.2, 0) is 23.1 Å². The van der Waals surface area contributed by atoms with Crippen LogP contribution in [-0.4, -0.2) is 24.5 Å². The van der Waals surface area contributed by atoms with E-state index in [1.165, 1.54) is 11.3 Å². The predicted molar refractivity (Wildman–Crippen MR) is 69.6 cm³/mol. The molecular formula is C10H14N4O2S2. The number of nitrogens with two attached hydrogens (primary N) is 1. The molecule has 18 heavy (non-hydrogen) atoms. The second kappa shape index (κ2) is 5.61. The zero-order valence-corrected chi connectivity index (χ0v) is 11.2. The molecule has 3 N–H and O–H groups in total. The summed E-state index contributed by atoms with van der Waals surface area (Å²) in [5.41, 5.74) is 5.46. The van der Waals surface area contributed by atoms with Crippen molar-refractivity contribution in [3.63, 3.8) is 0 Å². The number of sulfonamides is 1. The predicted octanol–water partition coefficient (Wildman–Crippen LogP) is 0.382. The molecule has 0 saturated heterocycles. The summed E-state index contributed by atoms with van der Waals surface area (Å²) in [5, 5.41) is 1.60. The molecule has 0 saturated carbocycles. The Bertz CT molecular complexity index is 589. The van der Waals surface area contributed by atoms with Gasteiger partial charge in [0, 0.05) is 42.3 Å². The first kappa shape index (κ1) is 13.2. The lowest BCUT2D eigenvalue weighted by Crippen LogP contribution is -2.26. The SMILES string of the molecule is NCc1cc(S(=O)(=O)NCCn2ccnc2)cs1. The van der Waals surface area contributed by atoms with Gasteiger partial charge in [0.15, 0.2) is 0 Å². The summed E-state index contributed by atoms with van der Waals surface area (Å²) in [5.74, 6) is 0. The van der Waals surface area contributed by atoms with Crippen molar-refractivity contribution >= 4 is 21.4 Å². The van der Waals surface area contributed by atoms with Crippen molar-refractivity contribution in [1.29, 1.82) is 0 Å². The Hall–Kier alpha value is -1.22. The fourth-order valence-corrected chi connectivity index (χ4v) is 3.60. The number of nitrogens with zero attached hydrogens (tertiary/aromatic N) is 2. The molecule has 2 rings (SSSR count). The maximum atomic E-state index is 11.9.